The lowest BCUT2D eigenvalue weighted by molar-refractivity contribution is -0.158. The molecule has 0 saturated carbocycles. The molecule has 0 aliphatic carbocycles. The van der Waals surface area contributed by atoms with Gasteiger partial charge in [-0.25, -0.2) is 9.59 Å². The minimum atomic E-state index is -0.621. The normalized spacial score (nSPS) is 13.2. The molecule has 0 heterocycles. The molecule has 0 bridgehead atoms. The third-order valence-corrected chi connectivity index (χ3v) is 2.01. The van der Waals surface area contributed by atoms with Crippen LogP contribution in [-0.4, -0.2) is 42.6 Å². The van der Waals surface area contributed by atoms with E-state index in [-0.39, 0.29) is 11.9 Å². The highest BCUT2D eigenvalue weighted by atomic mass is 16.6. The molecule has 5 nitrogen and oxygen atoms in total. The van der Waals surface area contributed by atoms with Crippen LogP contribution in [0, 0.1) is 5.92 Å². The van der Waals surface area contributed by atoms with Crippen molar-refractivity contribution < 1.29 is 14.3 Å². The predicted molar refractivity (Wildman–Crippen MR) is 66.7 cm³/mol. The Balaban J connectivity index is 4.64. The average Bonchev–Trinajstić information content (AvgIpc) is 2.09. The van der Waals surface area contributed by atoms with Crippen LogP contribution >= 0.6 is 0 Å². The molecule has 0 aromatic heterocycles. The van der Waals surface area contributed by atoms with Gasteiger partial charge in [0.2, 0.25) is 0 Å². The lowest BCUT2D eigenvalue weighted by atomic mass is 10.0. The number of amides is 2. The van der Waals surface area contributed by atoms with Gasteiger partial charge >= 0.3 is 12.0 Å². The van der Waals surface area contributed by atoms with Crippen molar-refractivity contribution in [3.63, 3.8) is 0 Å². The summed E-state index contributed by atoms with van der Waals surface area (Å²) in [5, 5.41) is 2.65. The fraction of sp³-hybridized carbons (Fsp3) is 0.833. The van der Waals surface area contributed by atoms with Crippen molar-refractivity contribution in [2.75, 3.05) is 14.1 Å². The van der Waals surface area contributed by atoms with Gasteiger partial charge in [-0.05, 0) is 26.7 Å². The maximum absolute atomic E-state index is 11.9. The standard InChI is InChI=1S/C12H24N2O3/c1-8(2)9(13-11(16)14(6)7)10(15)17-12(3,4)5/h8-9H,1-7H3,(H,13,16)/t9-/m1/s1. The summed E-state index contributed by atoms with van der Waals surface area (Å²) in [5.74, 6) is -0.420. The molecule has 0 radical (unpaired) electrons. The summed E-state index contributed by atoms with van der Waals surface area (Å²) in [4.78, 5) is 24.8. The van der Waals surface area contributed by atoms with Crippen molar-refractivity contribution in [3.05, 3.63) is 0 Å². The van der Waals surface area contributed by atoms with Crippen molar-refractivity contribution in [2.45, 2.75) is 46.3 Å². The van der Waals surface area contributed by atoms with Crippen LogP contribution in [0.15, 0.2) is 0 Å². The molecule has 0 rings (SSSR count). The summed E-state index contributed by atoms with van der Waals surface area (Å²) in [6.45, 7) is 9.14. The quantitative estimate of drug-likeness (QED) is 0.767. The topological polar surface area (TPSA) is 58.6 Å². The Morgan fingerprint density at radius 3 is 1.94 bits per heavy atom. The number of hydrogen-bond donors (Lipinski definition) is 1. The Morgan fingerprint density at radius 1 is 1.18 bits per heavy atom. The third kappa shape index (κ3) is 6.14. The second-order valence-electron chi connectivity index (χ2n) is 5.60. The van der Waals surface area contributed by atoms with Crippen LogP contribution in [0.1, 0.15) is 34.6 Å². The Morgan fingerprint density at radius 2 is 1.65 bits per heavy atom. The molecule has 0 fully saturated rings. The lowest BCUT2D eigenvalue weighted by Crippen LogP contribution is -2.50. The van der Waals surface area contributed by atoms with E-state index in [0.29, 0.717) is 0 Å². The molecule has 1 N–H and O–H groups in total. The second kappa shape index (κ2) is 5.89. The van der Waals surface area contributed by atoms with Gasteiger partial charge < -0.3 is 15.0 Å². The van der Waals surface area contributed by atoms with Crippen molar-refractivity contribution in [1.82, 2.24) is 10.2 Å². The van der Waals surface area contributed by atoms with E-state index in [0.717, 1.165) is 0 Å². The molecule has 0 aliphatic rings. The Labute approximate surface area is 103 Å². The van der Waals surface area contributed by atoms with Gasteiger partial charge in [-0.15, -0.1) is 0 Å². The Hall–Kier alpha value is -1.26. The summed E-state index contributed by atoms with van der Waals surface area (Å²) in [6.07, 6.45) is 0. The predicted octanol–water partition coefficient (Wildman–Crippen LogP) is 1.62. The summed E-state index contributed by atoms with van der Waals surface area (Å²) in [5.41, 5.74) is -0.549. The van der Waals surface area contributed by atoms with Crippen molar-refractivity contribution in [3.8, 4) is 0 Å². The molecule has 100 valence electrons. The number of hydrogen-bond acceptors (Lipinski definition) is 3. The van der Waals surface area contributed by atoms with Gasteiger partial charge in [-0.3, -0.25) is 0 Å². The number of nitrogens with zero attached hydrogens (tertiary/aromatic N) is 1. The number of nitrogens with one attached hydrogen (secondary N) is 1. The number of carbonyl (C=O) groups excluding carboxylic acids is 2. The third-order valence-electron chi connectivity index (χ3n) is 2.01. The smallest absolute Gasteiger partial charge is 0.329 e. The van der Waals surface area contributed by atoms with E-state index in [1.165, 1.54) is 4.90 Å². The largest absolute Gasteiger partial charge is 0.458 e. The van der Waals surface area contributed by atoms with E-state index in [1.54, 1.807) is 34.9 Å². The molecular weight excluding hydrogens is 220 g/mol. The van der Waals surface area contributed by atoms with Gasteiger partial charge in [0.1, 0.15) is 11.6 Å². The Bertz CT molecular complexity index is 280. The van der Waals surface area contributed by atoms with Gasteiger partial charge in [-0.1, -0.05) is 13.8 Å². The summed E-state index contributed by atoms with van der Waals surface area (Å²) >= 11 is 0. The average molecular weight is 244 g/mol. The molecular formula is C12H24N2O3. The van der Waals surface area contributed by atoms with E-state index in [1.807, 2.05) is 13.8 Å². The number of rotatable bonds is 3. The summed E-state index contributed by atoms with van der Waals surface area (Å²) in [6, 6.07) is -0.918. The zero-order valence-corrected chi connectivity index (χ0v) is 11.8. The van der Waals surface area contributed by atoms with E-state index in [4.69, 9.17) is 4.74 Å². The van der Waals surface area contributed by atoms with E-state index < -0.39 is 17.6 Å². The van der Waals surface area contributed by atoms with E-state index in [2.05, 4.69) is 5.32 Å². The maximum atomic E-state index is 11.9. The molecule has 1 atom stereocenters. The maximum Gasteiger partial charge on any atom is 0.329 e. The minimum Gasteiger partial charge on any atom is -0.458 e. The van der Waals surface area contributed by atoms with Crippen molar-refractivity contribution in [2.24, 2.45) is 5.92 Å². The highest BCUT2D eigenvalue weighted by molar-refractivity contribution is 5.83. The summed E-state index contributed by atoms with van der Waals surface area (Å²) in [7, 11) is 3.25. The number of ether oxygens (including phenoxy) is 1. The minimum absolute atomic E-state index is 0.0197. The highest BCUT2D eigenvalue weighted by Gasteiger charge is 2.29. The number of urea groups is 1. The fourth-order valence-electron chi connectivity index (χ4n) is 1.13. The first-order valence-corrected chi connectivity index (χ1v) is 5.75. The van der Waals surface area contributed by atoms with Crippen LogP contribution in [0.5, 0.6) is 0 Å². The molecule has 2 amide bonds. The molecule has 5 heteroatoms. The van der Waals surface area contributed by atoms with Crippen LogP contribution in [-0.2, 0) is 9.53 Å². The number of carbonyl (C=O) groups is 2. The first-order chi connectivity index (χ1) is 7.54. The van der Waals surface area contributed by atoms with E-state index >= 15 is 0 Å². The zero-order chi connectivity index (χ0) is 13.8. The molecule has 17 heavy (non-hydrogen) atoms. The first-order valence-electron chi connectivity index (χ1n) is 5.75. The molecule has 0 aliphatic heterocycles. The van der Waals surface area contributed by atoms with Gasteiger partial charge in [0, 0.05) is 14.1 Å². The SMILES string of the molecule is CC(C)[C@@H](NC(=O)N(C)C)C(=O)OC(C)(C)C. The lowest BCUT2D eigenvalue weighted by Gasteiger charge is -2.27. The van der Waals surface area contributed by atoms with Crippen molar-refractivity contribution >= 4 is 12.0 Å². The first kappa shape index (κ1) is 15.7. The van der Waals surface area contributed by atoms with Gasteiger partial charge in [0.05, 0.1) is 0 Å². The molecule has 0 saturated heterocycles. The van der Waals surface area contributed by atoms with E-state index in [9.17, 15) is 9.59 Å². The summed E-state index contributed by atoms with van der Waals surface area (Å²) < 4.78 is 5.27. The monoisotopic (exact) mass is 244 g/mol. The van der Waals surface area contributed by atoms with Gasteiger partial charge in [0.15, 0.2) is 0 Å². The van der Waals surface area contributed by atoms with Gasteiger partial charge in [-0.2, -0.15) is 0 Å². The van der Waals surface area contributed by atoms with Crippen LogP contribution in [0.4, 0.5) is 4.79 Å². The van der Waals surface area contributed by atoms with Gasteiger partial charge in [0.25, 0.3) is 0 Å². The zero-order valence-electron chi connectivity index (χ0n) is 11.8. The Kier molecular flexibility index (Phi) is 5.45. The van der Waals surface area contributed by atoms with Crippen LogP contribution in [0.3, 0.4) is 0 Å². The molecule has 0 unspecified atom stereocenters. The van der Waals surface area contributed by atoms with Crippen LogP contribution in [0.2, 0.25) is 0 Å². The second-order valence-corrected chi connectivity index (χ2v) is 5.60. The number of esters is 1. The van der Waals surface area contributed by atoms with Crippen molar-refractivity contribution in [1.29, 1.82) is 0 Å². The molecule has 0 aromatic carbocycles. The highest BCUT2D eigenvalue weighted by Crippen LogP contribution is 2.12. The molecule has 0 aromatic rings. The fourth-order valence-corrected chi connectivity index (χ4v) is 1.13. The molecule has 0 spiro atoms. The van der Waals surface area contributed by atoms with Crippen LogP contribution < -0.4 is 5.32 Å². The van der Waals surface area contributed by atoms with Crippen LogP contribution in [0.25, 0.3) is 0 Å².